The number of hydrogen-bond donors (Lipinski definition) is 1. The third-order valence-electron chi connectivity index (χ3n) is 0.548. The van der Waals surface area contributed by atoms with Crippen LogP contribution in [0.15, 0.2) is 12.2 Å². The fourth-order valence-electron chi connectivity index (χ4n) is 0.247. The van der Waals surface area contributed by atoms with Crippen molar-refractivity contribution in [3.8, 4) is 0 Å². The second kappa shape index (κ2) is 7.98. The maximum Gasteiger partial charge on any atom is 0.307 e. The topological polar surface area (TPSA) is 37.3 Å². The molecule has 0 saturated carbocycles. The SMILES string of the molecule is Cl.O=C(O)CC=CCBr. The largest absolute Gasteiger partial charge is 0.481 e. The molecule has 0 unspecified atom stereocenters. The minimum Gasteiger partial charge on any atom is -0.481 e. The summed E-state index contributed by atoms with van der Waals surface area (Å²) in [6, 6.07) is 0. The average molecular weight is 215 g/mol. The highest BCUT2D eigenvalue weighted by Crippen LogP contribution is 1.85. The van der Waals surface area contributed by atoms with Gasteiger partial charge in [0.05, 0.1) is 6.42 Å². The van der Waals surface area contributed by atoms with Crippen molar-refractivity contribution in [3.05, 3.63) is 12.2 Å². The van der Waals surface area contributed by atoms with E-state index in [2.05, 4.69) is 15.9 Å². The summed E-state index contributed by atoms with van der Waals surface area (Å²) in [5.41, 5.74) is 0. The monoisotopic (exact) mass is 214 g/mol. The number of carboxylic acid groups (broad SMARTS) is 1. The first kappa shape index (κ1) is 11.7. The summed E-state index contributed by atoms with van der Waals surface area (Å²) < 4.78 is 0. The number of carbonyl (C=O) groups is 1. The Labute approximate surface area is 68.5 Å². The van der Waals surface area contributed by atoms with Gasteiger partial charge in [0.15, 0.2) is 0 Å². The molecule has 0 aliphatic carbocycles. The molecule has 0 atom stereocenters. The normalized spacial score (nSPS) is 9.00. The van der Waals surface area contributed by atoms with Crippen LogP contribution in [0.5, 0.6) is 0 Å². The van der Waals surface area contributed by atoms with Crippen LogP contribution in [0.4, 0.5) is 0 Å². The Morgan fingerprint density at radius 1 is 1.56 bits per heavy atom. The third-order valence-corrected chi connectivity index (χ3v) is 0.922. The fraction of sp³-hybridized carbons (Fsp3) is 0.400. The van der Waals surface area contributed by atoms with Gasteiger partial charge in [-0.2, -0.15) is 0 Å². The van der Waals surface area contributed by atoms with Crippen molar-refractivity contribution in [3.63, 3.8) is 0 Å². The Kier molecular flexibility index (Phi) is 10.4. The summed E-state index contributed by atoms with van der Waals surface area (Å²) in [4.78, 5) is 9.81. The van der Waals surface area contributed by atoms with Crippen LogP contribution < -0.4 is 0 Å². The molecular formula is C5H8BrClO2. The molecule has 0 amide bonds. The van der Waals surface area contributed by atoms with Crippen LogP contribution in [-0.4, -0.2) is 16.4 Å². The quantitative estimate of drug-likeness (QED) is 0.576. The third kappa shape index (κ3) is 11.5. The lowest BCUT2D eigenvalue weighted by atomic mass is 10.4. The van der Waals surface area contributed by atoms with Gasteiger partial charge in [-0.05, 0) is 0 Å². The highest BCUT2D eigenvalue weighted by Gasteiger charge is 1.86. The molecule has 0 saturated heterocycles. The van der Waals surface area contributed by atoms with E-state index in [0.717, 1.165) is 5.33 Å². The van der Waals surface area contributed by atoms with Crippen molar-refractivity contribution in [2.75, 3.05) is 5.33 Å². The van der Waals surface area contributed by atoms with Crippen LogP contribution in [0.25, 0.3) is 0 Å². The predicted molar refractivity (Wildman–Crippen MR) is 42.4 cm³/mol. The lowest BCUT2D eigenvalue weighted by Gasteiger charge is -1.79. The number of halogens is 2. The summed E-state index contributed by atoms with van der Waals surface area (Å²) in [6.45, 7) is 0. The molecule has 9 heavy (non-hydrogen) atoms. The van der Waals surface area contributed by atoms with E-state index in [9.17, 15) is 4.79 Å². The molecule has 0 aliphatic heterocycles. The molecule has 0 heterocycles. The van der Waals surface area contributed by atoms with Gasteiger partial charge in [0.1, 0.15) is 0 Å². The van der Waals surface area contributed by atoms with Gasteiger partial charge in [-0.3, -0.25) is 4.79 Å². The number of rotatable bonds is 3. The Bertz CT molecular complexity index is 103. The minimum atomic E-state index is -0.790. The van der Waals surface area contributed by atoms with Crippen molar-refractivity contribution in [1.29, 1.82) is 0 Å². The van der Waals surface area contributed by atoms with E-state index in [1.54, 1.807) is 12.2 Å². The van der Waals surface area contributed by atoms with Crippen LogP contribution in [0, 0.1) is 0 Å². The molecular weight excluding hydrogens is 207 g/mol. The number of allylic oxidation sites excluding steroid dienone is 1. The second-order valence-electron chi connectivity index (χ2n) is 1.22. The van der Waals surface area contributed by atoms with Gasteiger partial charge < -0.3 is 5.11 Å². The first-order valence-electron chi connectivity index (χ1n) is 2.20. The lowest BCUT2D eigenvalue weighted by molar-refractivity contribution is -0.136. The molecule has 2 nitrogen and oxygen atoms in total. The Hall–Kier alpha value is -0.0200. The first-order chi connectivity index (χ1) is 3.77. The summed E-state index contributed by atoms with van der Waals surface area (Å²) in [5.74, 6) is -0.790. The maximum absolute atomic E-state index is 9.81. The molecule has 54 valence electrons. The van der Waals surface area contributed by atoms with Gasteiger partial charge in [-0.15, -0.1) is 12.4 Å². The summed E-state index contributed by atoms with van der Waals surface area (Å²) in [6.07, 6.45) is 3.48. The van der Waals surface area contributed by atoms with Crippen LogP contribution in [0.1, 0.15) is 6.42 Å². The van der Waals surface area contributed by atoms with Crippen LogP contribution in [0.2, 0.25) is 0 Å². The van der Waals surface area contributed by atoms with Crippen molar-refractivity contribution in [2.24, 2.45) is 0 Å². The zero-order valence-electron chi connectivity index (χ0n) is 4.71. The number of aliphatic carboxylic acids is 1. The van der Waals surface area contributed by atoms with Crippen LogP contribution in [-0.2, 0) is 4.79 Å². The van der Waals surface area contributed by atoms with E-state index in [-0.39, 0.29) is 18.8 Å². The molecule has 0 aliphatic rings. The first-order valence-corrected chi connectivity index (χ1v) is 3.32. The molecule has 4 heteroatoms. The van der Waals surface area contributed by atoms with E-state index in [4.69, 9.17) is 5.11 Å². The van der Waals surface area contributed by atoms with Crippen molar-refractivity contribution < 1.29 is 9.90 Å². The summed E-state index contributed by atoms with van der Waals surface area (Å²) >= 11 is 3.12. The van der Waals surface area contributed by atoms with Crippen LogP contribution >= 0.6 is 28.3 Å². The van der Waals surface area contributed by atoms with Gasteiger partial charge >= 0.3 is 5.97 Å². The molecule has 0 aromatic carbocycles. The van der Waals surface area contributed by atoms with E-state index in [0.29, 0.717) is 0 Å². The molecule has 1 N–H and O–H groups in total. The van der Waals surface area contributed by atoms with Gasteiger partial charge in [-0.1, -0.05) is 28.1 Å². The lowest BCUT2D eigenvalue weighted by Crippen LogP contribution is -1.89. The van der Waals surface area contributed by atoms with Gasteiger partial charge in [-0.25, -0.2) is 0 Å². The molecule has 0 aromatic heterocycles. The fourth-order valence-corrected chi connectivity index (χ4v) is 0.511. The van der Waals surface area contributed by atoms with E-state index >= 15 is 0 Å². The zero-order valence-corrected chi connectivity index (χ0v) is 7.11. The molecule has 0 aromatic rings. The molecule has 0 spiro atoms. The van der Waals surface area contributed by atoms with Gasteiger partial charge in [0.25, 0.3) is 0 Å². The molecule has 0 fully saturated rings. The van der Waals surface area contributed by atoms with Crippen molar-refractivity contribution in [2.45, 2.75) is 6.42 Å². The van der Waals surface area contributed by atoms with Gasteiger partial charge in [0, 0.05) is 5.33 Å². The Balaban J connectivity index is 0. The standard InChI is InChI=1S/C5H7BrO2.ClH/c6-4-2-1-3-5(7)8;/h1-2H,3-4H2,(H,7,8);1H. The highest BCUT2D eigenvalue weighted by molar-refractivity contribution is 9.09. The van der Waals surface area contributed by atoms with E-state index in [1.165, 1.54) is 0 Å². The second-order valence-corrected chi connectivity index (χ2v) is 1.87. The van der Waals surface area contributed by atoms with E-state index < -0.39 is 5.97 Å². The van der Waals surface area contributed by atoms with Crippen molar-refractivity contribution >= 4 is 34.3 Å². The maximum atomic E-state index is 9.81. The zero-order chi connectivity index (χ0) is 6.41. The van der Waals surface area contributed by atoms with Gasteiger partial charge in [0.2, 0.25) is 0 Å². The van der Waals surface area contributed by atoms with Crippen LogP contribution in [0.3, 0.4) is 0 Å². The highest BCUT2D eigenvalue weighted by atomic mass is 79.9. The Morgan fingerprint density at radius 2 is 2.11 bits per heavy atom. The number of alkyl halides is 1. The molecule has 0 radical (unpaired) electrons. The Morgan fingerprint density at radius 3 is 2.44 bits per heavy atom. The van der Waals surface area contributed by atoms with Crippen molar-refractivity contribution in [1.82, 2.24) is 0 Å². The predicted octanol–water partition coefficient (Wildman–Crippen LogP) is 1.83. The smallest absolute Gasteiger partial charge is 0.307 e. The summed E-state index contributed by atoms with van der Waals surface area (Å²) in [5, 5.41) is 8.80. The molecule has 0 rings (SSSR count). The number of carboxylic acids is 1. The summed E-state index contributed by atoms with van der Waals surface area (Å²) in [7, 11) is 0. The minimum absolute atomic E-state index is 0. The number of hydrogen-bond acceptors (Lipinski definition) is 1. The average Bonchev–Trinajstić information content (AvgIpc) is 1.66. The molecule has 0 bridgehead atoms. The van der Waals surface area contributed by atoms with E-state index in [1.807, 2.05) is 0 Å².